The van der Waals surface area contributed by atoms with Crippen LogP contribution in [0.4, 0.5) is 0 Å². The van der Waals surface area contributed by atoms with E-state index in [1.807, 2.05) is 34.9 Å². The third kappa shape index (κ3) is 2.85. The maximum absolute atomic E-state index is 11.7. The number of carboxylic acid groups (broad SMARTS) is 1. The first-order valence-corrected chi connectivity index (χ1v) is 7.86. The van der Waals surface area contributed by atoms with E-state index in [0.29, 0.717) is 18.3 Å². The van der Waals surface area contributed by atoms with Crippen molar-refractivity contribution in [3.63, 3.8) is 0 Å². The summed E-state index contributed by atoms with van der Waals surface area (Å²) >= 11 is 0. The van der Waals surface area contributed by atoms with E-state index >= 15 is 0 Å². The van der Waals surface area contributed by atoms with Gasteiger partial charge in [0.05, 0.1) is 24.9 Å². The van der Waals surface area contributed by atoms with Gasteiger partial charge in [-0.3, -0.25) is 0 Å². The van der Waals surface area contributed by atoms with Crippen molar-refractivity contribution in [2.75, 3.05) is 7.11 Å². The number of pyridine rings is 1. The zero-order chi connectivity index (χ0) is 17.3. The number of para-hydroxylation sites is 1. The molecule has 0 aliphatic heterocycles. The summed E-state index contributed by atoms with van der Waals surface area (Å²) in [6.07, 6.45) is 0. The van der Waals surface area contributed by atoms with Crippen LogP contribution in [0.1, 0.15) is 41.5 Å². The van der Waals surface area contributed by atoms with Crippen LogP contribution < -0.4 is 4.74 Å². The van der Waals surface area contributed by atoms with Gasteiger partial charge in [0, 0.05) is 11.5 Å². The number of carboxylic acids is 1. The molecular formula is C19H20N2O3. The molecule has 5 heteroatoms. The summed E-state index contributed by atoms with van der Waals surface area (Å²) in [6.45, 7) is 4.60. The Morgan fingerprint density at radius 3 is 2.67 bits per heavy atom. The number of benzene rings is 1. The van der Waals surface area contributed by atoms with E-state index in [2.05, 4.69) is 18.8 Å². The summed E-state index contributed by atoms with van der Waals surface area (Å²) in [5.74, 6) is -0.129. The van der Waals surface area contributed by atoms with Crippen LogP contribution in [0.15, 0.2) is 42.5 Å². The number of rotatable bonds is 5. The smallest absolute Gasteiger partial charge is 0.352 e. The Kier molecular flexibility index (Phi) is 4.25. The first-order chi connectivity index (χ1) is 11.5. The van der Waals surface area contributed by atoms with Gasteiger partial charge in [0.2, 0.25) is 5.88 Å². The molecule has 3 aromatic rings. The average molecular weight is 324 g/mol. The fourth-order valence-electron chi connectivity index (χ4n) is 2.98. The van der Waals surface area contributed by atoms with Crippen LogP contribution in [-0.2, 0) is 6.54 Å². The number of aromatic nitrogens is 2. The molecule has 0 unspecified atom stereocenters. The standard InChI is InChI=1S/C19H20N2O3/c1-12(2)15-8-4-6-13-10-16(19(22)23)21(18(13)15)11-14-7-5-9-17(20-14)24-3/h4-10,12H,11H2,1-3H3,(H,22,23). The van der Waals surface area contributed by atoms with Gasteiger partial charge in [0.15, 0.2) is 0 Å². The number of hydrogen-bond donors (Lipinski definition) is 1. The van der Waals surface area contributed by atoms with Crippen molar-refractivity contribution in [1.29, 1.82) is 0 Å². The van der Waals surface area contributed by atoms with Gasteiger partial charge >= 0.3 is 5.97 Å². The van der Waals surface area contributed by atoms with Crippen molar-refractivity contribution in [1.82, 2.24) is 9.55 Å². The van der Waals surface area contributed by atoms with Crippen molar-refractivity contribution in [3.05, 3.63) is 59.4 Å². The van der Waals surface area contributed by atoms with Crippen molar-refractivity contribution < 1.29 is 14.6 Å². The van der Waals surface area contributed by atoms with Crippen molar-refractivity contribution in [2.45, 2.75) is 26.3 Å². The lowest BCUT2D eigenvalue weighted by atomic mass is 10.0. The van der Waals surface area contributed by atoms with E-state index in [1.165, 1.54) is 0 Å². The highest BCUT2D eigenvalue weighted by Gasteiger charge is 2.18. The summed E-state index contributed by atoms with van der Waals surface area (Å²) in [4.78, 5) is 16.1. The summed E-state index contributed by atoms with van der Waals surface area (Å²) in [5.41, 5.74) is 3.10. The van der Waals surface area contributed by atoms with E-state index < -0.39 is 5.97 Å². The normalized spacial score (nSPS) is 11.2. The molecule has 124 valence electrons. The Balaban J connectivity index is 2.20. The molecule has 0 fully saturated rings. The van der Waals surface area contributed by atoms with Gasteiger partial charge in [-0.1, -0.05) is 38.1 Å². The minimum atomic E-state index is -0.941. The highest BCUT2D eigenvalue weighted by molar-refractivity contribution is 5.96. The number of methoxy groups -OCH3 is 1. The highest BCUT2D eigenvalue weighted by atomic mass is 16.5. The van der Waals surface area contributed by atoms with E-state index in [9.17, 15) is 9.90 Å². The summed E-state index contributed by atoms with van der Waals surface area (Å²) < 4.78 is 6.99. The lowest BCUT2D eigenvalue weighted by Gasteiger charge is -2.14. The number of ether oxygens (including phenoxy) is 1. The lowest BCUT2D eigenvalue weighted by Crippen LogP contribution is -2.11. The van der Waals surface area contributed by atoms with E-state index in [1.54, 1.807) is 19.2 Å². The largest absolute Gasteiger partial charge is 0.481 e. The van der Waals surface area contributed by atoms with Gasteiger partial charge in [-0.15, -0.1) is 0 Å². The van der Waals surface area contributed by atoms with Gasteiger partial charge < -0.3 is 14.4 Å². The molecule has 0 bridgehead atoms. The van der Waals surface area contributed by atoms with E-state index in [4.69, 9.17) is 4.74 Å². The van der Waals surface area contributed by atoms with E-state index in [-0.39, 0.29) is 5.69 Å². The molecule has 5 nitrogen and oxygen atoms in total. The Bertz CT molecular complexity index is 897. The molecule has 2 heterocycles. The fraction of sp³-hybridized carbons (Fsp3) is 0.263. The third-order valence-electron chi connectivity index (χ3n) is 4.10. The molecule has 3 rings (SSSR count). The minimum Gasteiger partial charge on any atom is -0.481 e. The molecule has 0 saturated carbocycles. The number of hydrogen-bond acceptors (Lipinski definition) is 3. The molecule has 2 aromatic heterocycles. The number of aromatic carboxylic acids is 1. The first kappa shape index (κ1) is 16.1. The Labute approximate surface area is 140 Å². The van der Waals surface area contributed by atoms with Crippen LogP contribution in [0.3, 0.4) is 0 Å². The topological polar surface area (TPSA) is 64.3 Å². The predicted molar refractivity (Wildman–Crippen MR) is 92.9 cm³/mol. The average Bonchev–Trinajstić information content (AvgIpc) is 2.94. The third-order valence-corrected chi connectivity index (χ3v) is 4.10. The van der Waals surface area contributed by atoms with E-state index in [0.717, 1.165) is 22.2 Å². The minimum absolute atomic E-state index is 0.266. The molecule has 24 heavy (non-hydrogen) atoms. The summed E-state index contributed by atoms with van der Waals surface area (Å²) in [6, 6.07) is 13.2. The molecule has 0 atom stereocenters. The fourth-order valence-corrected chi connectivity index (χ4v) is 2.98. The zero-order valence-electron chi connectivity index (χ0n) is 14.0. The molecular weight excluding hydrogens is 304 g/mol. The Hall–Kier alpha value is -2.82. The number of fused-ring (bicyclic) bond motifs is 1. The van der Waals surface area contributed by atoms with Gasteiger partial charge in [-0.25, -0.2) is 9.78 Å². The van der Waals surface area contributed by atoms with Crippen molar-refractivity contribution >= 4 is 16.9 Å². The molecule has 0 amide bonds. The van der Waals surface area contributed by atoms with Crippen LogP contribution in [0.25, 0.3) is 10.9 Å². The van der Waals surface area contributed by atoms with Crippen LogP contribution in [0.5, 0.6) is 5.88 Å². The second-order valence-corrected chi connectivity index (χ2v) is 6.03. The highest BCUT2D eigenvalue weighted by Crippen LogP contribution is 2.29. The van der Waals surface area contributed by atoms with Crippen LogP contribution in [-0.4, -0.2) is 27.7 Å². The summed E-state index contributed by atoms with van der Waals surface area (Å²) in [5, 5.41) is 10.5. The molecule has 0 aliphatic rings. The molecule has 0 saturated heterocycles. The SMILES string of the molecule is COc1cccc(Cn2c(C(=O)O)cc3cccc(C(C)C)c32)n1. The number of carbonyl (C=O) groups is 1. The number of nitrogens with zero attached hydrogens (tertiary/aromatic N) is 2. The molecule has 0 spiro atoms. The summed E-state index contributed by atoms with van der Waals surface area (Å²) in [7, 11) is 1.57. The van der Waals surface area contributed by atoms with Gasteiger partial charge in [0.25, 0.3) is 0 Å². The van der Waals surface area contributed by atoms with Gasteiger partial charge in [-0.05, 0) is 23.6 Å². The van der Waals surface area contributed by atoms with Crippen LogP contribution in [0, 0.1) is 0 Å². The quantitative estimate of drug-likeness (QED) is 0.772. The Morgan fingerprint density at radius 1 is 1.25 bits per heavy atom. The zero-order valence-corrected chi connectivity index (χ0v) is 14.0. The monoisotopic (exact) mass is 324 g/mol. The first-order valence-electron chi connectivity index (χ1n) is 7.86. The van der Waals surface area contributed by atoms with Crippen molar-refractivity contribution in [2.24, 2.45) is 0 Å². The van der Waals surface area contributed by atoms with Crippen LogP contribution >= 0.6 is 0 Å². The maximum atomic E-state index is 11.7. The van der Waals surface area contributed by atoms with Crippen LogP contribution in [0.2, 0.25) is 0 Å². The van der Waals surface area contributed by atoms with Gasteiger partial charge in [0.1, 0.15) is 5.69 Å². The molecule has 1 aromatic carbocycles. The molecule has 0 aliphatic carbocycles. The van der Waals surface area contributed by atoms with Gasteiger partial charge in [-0.2, -0.15) is 0 Å². The van der Waals surface area contributed by atoms with Crippen molar-refractivity contribution in [3.8, 4) is 5.88 Å². The second-order valence-electron chi connectivity index (χ2n) is 6.03. The lowest BCUT2D eigenvalue weighted by molar-refractivity contribution is 0.0686. The molecule has 1 N–H and O–H groups in total. The Morgan fingerprint density at radius 2 is 2.00 bits per heavy atom. The molecule has 0 radical (unpaired) electrons. The predicted octanol–water partition coefficient (Wildman–Crippen LogP) is 3.91. The second kappa shape index (κ2) is 6.35. The maximum Gasteiger partial charge on any atom is 0.352 e.